The molecule has 0 aliphatic carbocycles. The summed E-state index contributed by atoms with van der Waals surface area (Å²) in [6.07, 6.45) is -2.59. The van der Waals surface area contributed by atoms with E-state index in [1.54, 1.807) is 0 Å². The number of aromatic nitrogens is 3. The molecule has 0 aliphatic heterocycles. The van der Waals surface area contributed by atoms with Gasteiger partial charge in [0.25, 0.3) is 5.56 Å². The number of benzene rings is 1. The van der Waals surface area contributed by atoms with Crippen molar-refractivity contribution >= 4 is 15.9 Å². The lowest BCUT2D eigenvalue weighted by Gasteiger charge is -2.07. The molecule has 5 nitrogen and oxygen atoms in total. The van der Waals surface area contributed by atoms with Crippen molar-refractivity contribution in [2.45, 2.75) is 19.1 Å². The Bertz CT molecular complexity index is 950. The summed E-state index contributed by atoms with van der Waals surface area (Å²) < 4.78 is 44.1. The normalized spacial score (nSPS) is 11.7. The van der Waals surface area contributed by atoms with Crippen LogP contribution in [-0.2, 0) is 19.1 Å². The molecule has 0 saturated carbocycles. The monoisotopic (exact) mass is 413 g/mol. The predicted molar refractivity (Wildman–Crippen MR) is 86.8 cm³/mol. The first-order valence-corrected chi connectivity index (χ1v) is 7.99. The number of hydrogen-bond acceptors (Lipinski definition) is 4. The molecular formula is C16H11BrF3N3O2. The second-order valence-electron chi connectivity index (χ2n) is 5.21. The van der Waals surface area contributed by atoms with Gasteiger partial charge in [0.15, 0.2) is 0 Å². The SMILES string of the molecule is O=c1cc(-c2noc(C(F)(F)F)n2)ccn1CCc1ccccc1Br. The molecule has 0 aliphatic rings. The van der Waals surface area contributed by atoms with E-state index in [0.29, 0.717) is 13.0 Å². The average Bonchev–Trinajstić information content (AvgIpc) is 3.05. The second kappa shape index (κ2) is 6.83. The Balaban J connectivity index is 1.78. The van der Waals surface area contributed by atoms with Gasteiger partial charge in [-0.1, -0.05) is 39.3 Å². The minimum Gasteiger partial charge on any atom is -0.329 e. The molecule has 0 saturated heterocycles. The van der Waals surface area contributed by atoms with E-state index < -0.39 is 12.1 Å². The number of halogens is 4. The van der Waals surface area contributed by atoms with Gasteiger partial charge in [0.05, 0.1) is 0 Å². The molecular weight excluding hydrogens is 403 g/mol. The van der Waals surface area contributed by atoms with Crippen LogP contribution in [0.1, 0.15) is 11.5 Å². The van der Waals surface area contributed by atoms with Crippen LogP contribution in [0.25, 0.3) is 11.4 Å². The van der Waals surface area contributed by atoms with Crippen LogP contribution in [0.3, 0.4) is 0 Å². The Kier molecular flexibility index (Phi) is 4.76. The Morgan fingerprint density at radius 2 is 1.96 bits per heavy atom. The van der Waals surface area contributed by atoms with Crippen LogP contribution in [0.2, 0.25) is 0 Å². The van der Waals surface area contributed by atoms with Gasteiger partial charge in [-0.25, -0.2) is 0 Å². The van der Waals surface area contributed by atoms with Gasteiger partial charge >= 0.3 is 12.1 Å². The number of hydrogen-bond donors (Lipinski definition) is 0. The largest absolute Gasteiger partial charge is 0.471 e. The molecule has 9 heteroatoms. The minimum atomic E-state index is -4.72. The maximum atomic E-state index is 12.5. The molecule has 0 unspecified atom stereocenters. The summed E-state index contributed by atoms with van der Waals surface area (Å²) in [5.74, 6) is -1.72. The number of pyridine rings is 1. The van der Waals surface area contributed by atoms with E-state index in [4.69, 9.17) is 0 Å². The van der Waals surface area contributed by atoms with Crippen LogP contribution in [-0.4, -0.2) is 14.7 Å². The van der Waals surface area contributed by atoms with Crippen molar-refractivity contribution in [3.8, 4) is 11.4 Å². The third kappa shape index (κ3) is 3.98. The van der Waals surface area contributed by atoms with Gasteiger partial charge in [-0.15, -0.1) is 0 Å². The Hall–Kier alpha value is -2.42. The highest BCUT2D eigenvalue weighted by Gasteiger charge is 2.38. The smallest absolute Gasteiger partial charge is 0.329 e. The molecule has 3 rings (SSSR count). The summed E-state index contributed by atoms with van der Waals surface area (Å²) in [4.78, 5) is 15.4. The van der Waals surface area contributed by atoms with Crippen molar-refractivity contribution in [1.29, 1.82) is 0 Å². The molecule has 0 fully saturated rings. The molecule has 1 aromatic carbocycles. The predicted octanol–water partition coefficient (Wildman–Crippen LogP) is 3.92. The summed E-state index contributed by atoms with van der Waals surface area (Å²) in [7, 11) is 0. The number of aryl methyl sites for hydroxylation is 2. The van der Waals surface area contributed by atoms with Crippen molar-refractivity contribution in [2.75, 3.05) is 0 Å². The zero-order valence-electron chi connectivity index (χ0n) is 12.6. The summed E-state index contributed by atoms with van der Waals surface area (Å²) in [6, 6.07) is 10.3. The number of alkyl halides is 3. The molecule has 0 N–H and O–H groups in total. The molecule has 0 atom stereocenters. The van der Waals surface area contributed by atoms with E-state index in [2.05, 4.69) is 30.6 Å². The summed E-state index contributed by atoms with van der Waals surface area (Å²) in [5, 5.41) is 3.27. The summed E-state index contributed by atoms with van der Waals surface area (Å²) in [6.45, 7) is 0.432. The van der Waals surface area contributed by atoms with Crippen LogP contribution in [0.4, 0.5) is 13.2 Å². The van der Waals surface area contributed by atoms with E-state index in [9.17, 15) is 18.0 Å². The molecule has 25 heavy (non-hydrogen) atoms. The van der Waals surface area contributed by atoms with Crippen molar-refractivity contribution in [1.82, 2.24) is 14.7 Å². The highest BCUT2D eigenvalue weighted by molar-refractivity contribution is 9.10. The third-order valence-electron chi connectivity index (χ3n) is 3.50. The van der Waals surface area contributed by atoms with Crippen molar-refractivity contribution in [3.05, 3.63) is 68.9 Å². The highest BCUT2D eigenvalue weighted by Crippen LogP contribution is 2.29. The Labute approximate surface area is 148 Å². The summed E-state index contributed by atoms with van der Waals surface area (Å²) in [5.41, 5.74) is 0.857. The lowest BCUT2D eigenvalue weighted by molar-refractivity contribution is -0.159. The number of nitrogens with zero attached hydrogens (tertiary/aromatic N) is 3. The van der Waals surface area contributed by atoms with Crippen LogP contribution >= 0.6 is 15.9 Å². The molecule has 0 spiro atoms. The van der Waals surface area contributed by atoms with Crippen LogP contribution in [0, 0.1) is 0 Å². The van der Waals surface area contributed by atoms with Gasteiger partial charge in [0.1, 0.15) is 0 Å². The van der Waals surface area contributed by atoms with Crippen LogP contribution in [0.5, 0.6) is 0 Å². The van der Waals surface area contributed by atoms with Crippen molar-refractivity contribution in [2.24, 2.45) is 0 Å². The Morgan fingerprint density at radius 3 is 2.60 bits per heavy atom. The van der Waals surface area contributed by atoms with Crippen LogP contribution < -0.4 is 5.56 Å². The second-order valence-corrected chi connectivity index (χ2v) is 6.06. The lowest BCUT2D eigenvalue weighted by atomic mass is 10.1. The molecule has 3 aromatic rings. The summed E-state index contributed by atoms with van der Waals surface area (Å²) >= 11 is 3.44. The van der Waals surface area contributed by atoms with Gasteiger partial charge in [0, 0.05) is 28.8 Å². The van der Waals surface area contributed by atoms with Gasteiger partial charge < -0.3 is 9.09 Å². The van der Waals surface area contributed by atoms with E-state index in [0.717, 1.165) is 10.0 Å². The Morgan fingerprint density at radius 1 is 1.20 bits per heavy atom. The van der Waals surface area contributed by atoms with Gasteiger partial charge in [-0.2, -0.15) is 18.2 Å². The maximum Gasteiger partial charge on any atom is 0.471 e. The van der Waals surface area contributed by atoms with E-state index in [1.165, 1.54) is 22.9 Å². The third-order valence-corrected chi connectivity index (χ3v) is 4.28. The van der Waals surface area contributed by atoms with Gasteiger partial charge in [0.2, 0.25) is 5.82 Å². The quantitative estimate of drug-likeness (QED) is 0.650. The van der Waals surface area contributed by atoms with Crippen LogP contribution in [0.15, 0.2) is 56.4 Å². The number of rotatable bonds is 4. The van der Waals surface area contributed by atoms with Crippen molar-refractivity contribution < 1.29 is 17.7 Å². The highest BCUT2D eigenvalue weighted by atomic mass is 79.9. The first-order valence-electron chi connectivity index (χ1n) is 7.20. The van der Waals surface area contributed by atoms with Crippen molar-refractivity contribution in [3.63, 3.8) is 0 Å². The zero-order valence-corrected chi connectivity index (χ0v) is 14.2. The van der Waals surface area contributed by atoms with E-state index in [1.807, 2.05) is 24.3 Å². The average molecular weight is 414 g/mol. The maximum absolute atomic E-state index is 12.5. The molecule has 2 heterocycles. The fourth-order valence-electron chi connectivity index (χ4n) is 2.23. The topological polar surface area (TPSA) is 60.9 Å². The lowest BCUT2D eigenvalue weighted by Crippen LogP contribution is -2.19. The van der Waals surface area contributed by atoms with Gasteiger partial charge in [-0.05, 0) is 24.1 Å². The van der Waals surface area contributed by atoms with E-state index in [-0.39, 0.29) is 16.9 Å². The first kappa shape index (κ1) is 17.4. The fourth-order valence-corrected chi connectivity index (χ4v) is 2.71. The zero-order chi connectivity index (χ0) is 18.0. The molecule has 0 radical (unpaired) electrons. The van der Waals surface area contributed by atoms with Gasteiger partial charge in [-0.3, -0.25) is 4.79 Å². The fraction of sp³-hybridized carbons (Fsp3) is 0.188. The molecule has 2 aromatic heterocycles. The molecule has 0 amide bonds. The van der Waals surface area contributed by atoms with E-state index >= 15 is 0 Å². The molecule has 0 bridgehead atoms. The molecule has 130 valence electrons. The minimum absolute atomic E-state index is 0.168. The standard InChI is InChI=1S/C16H11BrF3N3O2/c17-12-4-2-1-3-10(12)5-7-23-8-6-11(9-13(23)24)14-21-15(25-22-14)16(18,19)20/h1-4,6,8-9H,5,7H2. The first-order chi connectivity index (χ1) is 11.8.